The topological polar surface area (TPSA) is 58.4 Å². The summed E-state index contributed by atoms with van der Waals surface area (Å²) in [6.45, 7) is 4.51. The summed E-state index contributed by atoms with van der Waals surface area (Å²) in [6, 6.07) is 17.1. The maximum atomic E-state index is 12.5. The van der Waals surface area contributed by atoms with Crippen molar-refractivity contribution in [2.45, 2.75) is 45.3 Å². The number of nitrogens with two attached hydrogens (primary N) is 1. The highest BCUT2D eigenvalue weighted by Crippen LogP contribution is 2.49. The molecule has 2 aromatic rings. The van der Waals surface area contributed by atoms with Gasteiger partial charge in [-0.05, 0) is 48.1 Å². The van der Waals surface area contributed by atoms with Crippen molar-refractivity contribution in [3.05, 3.63) is 59.7 Å². The zero-order valence-corrected chi connectivity index (χ0v) is 15.5. The minimum Gasteiger partial charge on any atom is -0.378 e. The predicted molar refractivity (Wildman–Crippen MR) is 106 cm³/mol. The maximum absolute atomic E-state index is 12.5. The molecule has 0 spiro atoms. The Bertz CT molecular complexity index is 815. The summed E-state index contributed by atoms with van der Waals surface area (Å²) in [7, 11) is 0. The molecule has 4 rings (SSSR count). The minimum atomic E-state index is 0.143. The number of para-hydroxylation sites is 1. The first kappa shape index (κ1) is 17.1. The first-order chi connectivity index (χ1) is 12.6. The molecular formula is C22H27N3O. The van der Waals surface area contributed by atoms with Crippen LogP contribution in [0.15, 0.2) is 48.5 Å². The number of amides is 1. The van der Waals surface area contributed by atoms with Gasteiger partial charge in [0.1, 0.15) is 0 Å². The lowest BCUT2D eigenvalue weighted by Gasteiger charge is -2.46. The molecule has 3 atom stereocenters. The van der Waals surface area contributed by atoms with E-state index in [1.54, 1.807) is 6.92 Å². The van der Waals surface area contributed by atoms with Crippen LogP contribution in [-0.2, 0) is 11.3 Å². The second-order valence-electron chi connectivity index (χ2n) is 7.66. The van der Waals surface area contributed by atoms with E-state index < -0.39 is 0 Å². The van der Waals surface area contributed by atoms with Gasteiger partial charge in [0, 0.05) is 36.8 Å². The maximum Gasteiger partial charge on any atom is 0.224 e. The zero-order chi connectivity index (χ0) is 18.3. The van der Waals surface area contributed by atoms with E-state index in [0.717, 1.165) is 16.9 Å². The molecule has 0 saturated heterocycles. The van der Waals surface area contributed by atoms with E-state index in [2.05, 4.69) is 42.6 Å². The highest BCUT2D eigenvalue weighted by Gasteiger charge is 2.47. The number of hydrogen-bond acceptors (Lipinski definition) is 3. The monoisotopic (exact) mass is 349 g/mol. The van der Waals surface area contributed by atoms with Gasteiger partial charge in [0.25, 0.3) is 0 Å². The molecule has 1 saturated carbocycles. The molecule has 1 aliphatic heterocycles. The molecule has 0 bridgehead atoms. The Morgan fingerprint density at radius 3 is 2.65 bits per heavy atom. The second kappa shape index (κ2) is 6.76. The number of rotatable bonds is 4. The molecule has 26 heavy (non-hydrogen) atoms. The van der Waals surface area contributed by atoms with Crippen LogP contribution in [0.1, 0.15) is 43.9 Å². The Morgan fingerprint density at radius 2 is 1.96 bits per heavy atom. The van der Waals surface area contributed by atoms with Crippen LogP contribution in [-0.4, -0.2) is 11.9 Å². The van der Waals surface area contributed by atoms with Crippen molar-refractivity contribution in [2.75, 3.05) is 10.2 Å². The van der Waals surface area contributed by atoms with Crippen LogP contribution in [0.5, 0.6) is 0 Å². The van der Waals surface area contributed by atoms with E-state index in [1.165, 1.54) is 18.4 Å². The van der Waals surface area contributed by atoms with Crippen LogP contribution in [0.25, 0.3) is 0 Å². The fraction of sp³-hybridized carbons (Fsp3) is 0.409. The largest absolute Gasteiger partial charge is 0.378 e. The third-order valence-corrected chi connectivity index (χ3v) is 5.82. The van der Waals surface area contributed by atoms with E-state index in [9.17, 15) is 4.79 Å². The highest BCUT2D eigenvalue weighted by molar-refractivity contribution is 5.94. The van der Waals surface area contributed by atoms with Gasteiger partial charge >= 0.3 is 0 Å². The summed E-state index contributed by atoms with van der Waals surface area (Å²) in [6.07, 6.45) is 2.44. The molecule has 4 heteroatoms. The fourth-order valence-corrected chi connectivity index (χ4v) is 4.48. The number of benzene rings is 2. The van der Waals surface area contributed by atoms with Crippen LogP contribution >= 0.6 is 0 Å². The number of nitrogens with zero attached hydrogens (tertiary/aromatic N) is 1. The SMILES string of the molecule is CC(=O)N1c2ccccc2C(Nc2cccc(CN)c2)[C@@H](C)C1C1CC1. The van der Waals surface area contributed by atoms with Crippen molar-refractivity contribution in [3.63, 3.8) is 0 Å². The molecule has 1 amide bonds. The van der Waals surface area contributed by atoms with Crippen LogP contribution in [0.4, 0.5) is 11.4 Å². The van der Waals surface area contributed by atoms with Gasteiger partial charge < -0.3 is 16.0 Å². The second-order valence-corrected chi connectivity index (χ2v) is 7.66. The number of carbonyl (C=O) groups is 1. The molecule has 0 radical (unpaired) electrons. The Labute approximate surface area is 155 Å². The third-order valence-electron chi connectivity index (χ3n) is 5.82. The van der Waals surface area contributed by atoms with Crippen molar-refractivity contribution in [1.82, 2.24) is 0 Å². The summed E-state index contributed by atoms with van der Waals surface area (Å²) in [5, 5.41) is 3.74. The average Bonchev–Trinajstić information content (AvgIpc) is 3.48. The Morgan fingerprint density at radius 1 is 1.19 bits per heavy atom. The van der Waals surface area contributed by atoms with Crippen molar-refractivity contribution in [2.24, 2.45) is 17.6 Å². The molecule has 2 unspecified atom stereocenters. The average molecular weight is 349 g/mol. The van der Waals surface area contributed by atoms with Gasteiger partial charge in [-0.3, -0.25) is 4.79 Å². The molecule has 1 fully saturated rings. The fourth-order valence-electron chi connectivity index (χ4n) is 4.48. The predicted octanol–water partition coefficient (Wildman–Crippen LogP) is 4.08. The summed E-state index contributed by atoms with van der Waals surface area (Å²) in [5.41, 5.74) is 10.3. The lowest BCUT2D eigenvalue weighted by Crippen LogP contribution is -2.51. The van der Waals surface area contributed by atoms with E-state index in [4.69, 9.17) is 5.73 Å². The van der Waals surface area contributed by atoms with E-state index in [1.807, 2.05) is 23.1 Å². The van der Waals surface area contributed by atoms with Crippen LogP contribution in [0.3, 0.4) is 0 Å². The Balaban J connectivity index is 1.75. The van der Waals surface area contributed by atoms with Gasteiger partial charge in [0.15, 0.2) is 0 Å². The van der Waals surface area contributed by atoms with E-state index in [0.29, 0.717) is 18.4 Å². The summed E-state index contributed by atoms with van der Waals surface area (Å²) in [5.74, 6) is 1.09. The van der Waals surface area contributed by atoms with Gasteiger partial charge in [0.05, 0.1) is 6.04 Å². The first-order valence-electron chi connectivity index (χ1n) is 9.54. The van der Waals surface area contributed by atoms with Crippen molar-refractivity contribution in [3.8, 4) is 0 Å². The molecular weight excluding hydrogens is 322 g/mol. The lowest BCUT2D eigenvalue weighted by molar-refractivity contribution is -0.117. The van der Waals surface area contributed by atoms with Crippen molar-refractivity contribution in [1.29, 1.82) is 0 Å². The standard InChI is InChI=1S/C22H27N3O/c1-14-21(24-18-7-5-6-16(12-18)13-23)19-8-3-4-9-20(19)25(15(2)26)22(14)17-10-11-17/h3-9,12,14,17,21-22,24H,10-11,13,23H2,1-2H3/t14-,21?,22?/m1/s1. The first-order valence-corrected chi connectivity index (χ1v) is 9.54. The molecule has 0 aromatic heterocycles. The Hall–Kier alpha value is -2.33. The van der Waals surface area contributed by atoms with Crippen LogP contribution < -0.4 is 16.0 Å². The van der Waals surface area contributed by atoms with Crippen LogP contribution in [0, 0.1) is 11.8 Å². The minimum absolute atomic E-state index is 0.143. The van der Waals surface area contributed by atoms with Gasteiger partial charge in [-0.1, -0.05) is 37.3 Å². The van der Waals surface area contributed by atoms with Gasteiger partial charge in [-0.2, -0.15) is 0 Å². The molecule has 1 aliphatic carbocycles. The summed E-state index contributed by atoms with van der Waals surface area (Å²) < 4.78 is 0. The lowest BCUT2D eigenvalue weighted by atomic mass is 9.80. The number of hydrogen-bond donors (Lipinski definition) is 2. The van der Waals surface area contributed by atoms with Gasteiger partial charge in [-0.15, -0.1) is 0 Å². The molecule has 2 aromatic carbocycles. The van der Waals surface area contributed by atoms with Crippen molar-refractivity contribution >= 4 is 17.3 Å². The highest BCUT2D eigenvalue weighted by atomic mass is 16.2. The van der Waals surface area contributed by atoms with Crippen LogP contribution in [0.2, 0.25) is 0 Å². The van der Waals surface area contributed by atoms with E-state index in [-0.39, 0.29) is 18.0 Å². The smallest absolute Gasteiger partial charge is 0.224 e. The zero-order valence-electron chi connectivity index (χ0n) is 15.5. The molecule has 4 nitrogen and oxygen atoms in total. The molecule has 1 heterocycles. The third kappa shape index (κ3) is 2.99. The molecule has 2 aliphatic rings. The number of nitrogens with one attached hydrogen (secondary N) is 1. The number of carbonyl (C=O) groups excluding carboxylic acids is 1. The molecule has 136 valence electrons. The molecule has 3 N–H and O–H groups in total. The van der Waals surface area contributed by atoms with Gasteiger partial charge in [0.2, 0.25) is 5.91 Å². The van der Waals surface area contributed by atoms with E-state index >= 15 is 0 Å². The summed E-state index contributed by atoms with van der Waals surface area (Å²) >= 11 is 0. The summed E-state index contributed by atoms with van der Waals surface area (Å²) in [4.78, 5) is 14.5. The number of anilines is 2. The van der Waals surface area contributed by atoms with Crippen molar-refractivity contribution < 1.29 is 4.79 Å². The Kier molecular flexibility index (Phi) is 4.45. The van der Waals surface area contributed by atoms with Gasteiger partial charge in [-0.25, -0.2) is 0 Å². The number of fused-ring (bicyclic) bond motifs is 1. The quantitative estimate of drug-likeness (QED) is 0.874. The normalized spacial score (nSPS) is 24.9.